The van der Waals surface area contributed by atoms with Crippen molar-refractivity contribution in [3.63, 3.8) is 0 Å². The SMILES string of the molecule is C#Cc1c(F)ccc2c(-c3ncc4cnn(CCC)c4c3F)c(O)ccc12. The van der Waals surface area contributed by atoms with E-state index >= 15 is 4.39 Å². The number of aryl methyl sites for hydroxylation is 1. The average molecular weight is 363 g/mol. The van der Waals surface area contributed by atoms with Crippen LogP contribution in [-0.2, 0) is 6.54 Å². The van der Waals surface area contributed by atoms with Crippen molar-refractivity contribution in [1.29, 1.82) is 0 Å². The third-order valence-electron chi connectivity index (χ3n) is 4.56. The van der Waals surface area contributed by atoms with Crippen molar-refractivity contribution in [2.75, 3.05) is 0 Å². The molecule has 0 aliphatic carbocycles. The average Bonchev–Trinajstić information content (AvgIpc) is 3.07. The molecule has 0 bridgehead atoms. The lowest BCUT2D eigenvalue weighted by molar-refractivity contribution is 0.477. The maximum absolute atomic E-state index is 15.4. The molecule has 0 fully saturated rings. The number of benzene rings is 2. The van der Waals surface area contributed by atoms with Crippen LogP contribution >= 0.6 is 0 Å². The summed E-state index contributed by atoms with van der Waals surface area (Å²) in [7, 11) is 0. The lowest BCUT2D eigenvalue weighted by Gasteiger charge is -2.12. The normalized spacial score (nSPS) is 11.2. The minimum Gasteiger partial charge on any atom is -0.507 e. The Hall–Kier alpha value is -3.46. The van der Waals surface area contributed by atoms with Crippen LogP contribution in [0.3, 0.4) is 0 Å². The molecule has 0 saturated heterocycles. The van der Waals surface area contributed by atoms with E-state index in [1.54, 1.807) is 10.9 Å². The number of phenolic OH excluding ortho intramolecular Hbond substituents is 1. The molecule has 0 atom stereocenters. The Labute approximate surface area is 154 Å². The van der Waals surface area contributed by atoms with E-state index in [1.165, 1.54) is 30.5 Å². The van der Waals surface area contributed by atoms with Crippen molar-refractivity contribution in [3.05, 3.63) is 53.9 Å². The summed E-state index contributed by atoms with van der Waals surface area (Å²) in [6.07, 6.45) is 9.29. The molecule has 134 valence electrons. The highest BCUT2D eigenvalue weighted by Crippen LogP contribution is 2.39. The maximum atomic E-state index is 15.4. The van der Waals surface area contributed by atoms with E-state index in [9.17, 15) is 9.50 Å². The number of pyridine rings is 1. The number of aromatic nitrogens is 3. The van der Waals surface area contributed by atoms with Gasteiger partial charge in [0.2, 0.25) is 0 Å². The predicted molar refractivity (Wildman–Crippen MR) is 100 cm³/mol. The summed E-state index contributed by atoms with van der Waals surface area (Å²) in [5, 5.41) is 16.1. The molecule has 4 aromatic rings. The topological polar surface area (TPSA) is 50.9 Å². The van der Waals surface area contributed by atoms with Gasteiger partial charge in [0.25, 0.3) is 0 Å². The Balaban J connectivity index is 2.08. The van der Waals surface area contributed by atoms with Gasteiger partial charge >= 0.3 is 0 Å². The molecule has 1 N–H and O–H groups in total. The van der Waals surface area contributed by atoms with Crippen LogP contribution in [0.15, 0.2) is 36.7 Å². The Bertz CT molecular complexity index is 1240. The van der Waals surface area contributed by atoms with Gasteiger partial charge in [-0.15, -0.1) is 6.42 Å². The van der Waals surface area contributed by atoms with E-state index in [1.807, 2.05) is 6.92 Å². The molecule has 6 heteroatoms. The lowest BCUT2D eigenvalue weighted by atomic mass is 9.96. The summed E-state index contributed by atoms with van der Waals surface area (Å²) < 4.78 is 31.0. The van der Waals surface area contributed by atoms with Crippen LogP contribution in [0.4, 0.5) is 8.78 Å². The first kappa shape index (κ1) is 17.0. The smallest absolute Gasteiger partial charge is 0.175 e. The van der Waals surface area contributed by atoms with Crippen LogP contribution in [0.1, 0.15) is 18.9 Å². The van der Waals surface area contributed by atoms with E-state index in [-0.39, 0.29) is 22.6 Å². The van der Waals surface area contributed by atoms with Gasteiger partial charge in [-0.2, -0.15) is 5.10 Å². The van der Waals surface area contributed by atoms with Crippen molar-refractivity contribution < 1.29 is 13.9 Å². The second-order valence-corrected chi connectivity index (χ2v) is 6.21. The summed E-state index contributed by atoms with van der Waals surface area (Å²) in [4.78, 5) is 4.21. The van der Waals surface area contributed by atoms with Gasteiger partial charge in [0.05, 0.1) is 17.3 Å². The summed E-state index contributed by atoms with van der Waals surface area (Å²) in [6.45, 7) is 2.53. The van der Waals surface area contributed by atoms with Crippen LogP contribution in [-0.4, -0.2) is 19.9 Å². The molecule has 2 aromatic heterocycles. The molecular formula is C21H15F2N3O. The van der Waals surface area contributed by atoms with E-state index in [4.69, 9.17) is 6.42 Å². The number of terminal acetylenes is 1. The van der Waals surface area contributed by atoms with Gasteiger partial charge in [-0.3, -0.25) is 9.67 Å². The molecule has 0 aliphatic rings. The van der Waals surface area contributed by atoms with Gasteiger partial charge in [-0.1, -0.05) is 18.9 Å². The summed E-state index contributed by atoms with van der Waals surface area (Å²) in [6, 6.07) is 5.56. The number of fused-ring (bicyclic) bond motifs is 2. The highest BCUT2D eigenvalue weighted by molar-refractivity contribution is 6.02. The molecule has 0 unspecified atom stereocenters. The number of aromatic hydroxyl groups is 1. The van der Waals surface area contributed by atoms with Crippen LogP contribution in [0.25, 0.3) is 32.9 Å². The summed E-state index contributed by atoms with van der Waals surface area (Å²) in [5.74, 6) is 1.02. The first-order chi connectivity index (χ1) is 13.1. The Morgan fingerprint density at radius 3 is 2.67 bits per heavy atom. The van der Waals surface area contributed by atoms with E-state index in [0.717, 1.165) is 6.42 Å². The number of hydrogen-bond acceptors (Lipinski definition) is 3. The largest absolute Gasteiger partial charge is 0.507 e. The standard InChI is InChI=1S/C21H15F2N3O/c1-3-9-26-21-12(11-25-26)10-24-20(19(21)23)18-15-5-7-16(22)13(4-2)14(15)6-8-17(18)27/h2,5-8,10-11,27H,3,9H2,1H3. The zero-order chi connectivity index (χ0) is 19.1. The molecule has 0 amide bonds. The maximum Gasteiger partial charge on any atom is 0.175 e. The molecule has 27 heavy (non-hydrogen) atoms. The van der Waals surface area contributed by atoms with Crippen molar-refractivity contribution >= 4 is 21.7 Å². The Kier molecular flexibility index (Phi) is 4.00. The van der Waals surface area contributed by atoms with Crippen molar-refractivity contribution in [3.8, 4) is 29.4 Å². The van der Waals surface area contributed by atoms with Crippen LogP contribution < -0.4 is 0 Å². The summed E-state index contributed by atoms with van der Waals surface area (Å²) in [5.41, 5.74) is 0.523. The molecule has 0 spiro atoms. The van der Waals surface area contributed by atoms with Gasteiger partial charge in [-0.05, 0) is 30.0 Å². The van der Waals surface area contributed by atoms with Crippen molar-refractivity contribution in [1.82, 2.24) is 14.8 Å². The molecule has 4 nitrogen and oxygen atoms in total. The van der Waals surface area contributed by atoms with Crippen molar-refractivity contribution in [2.24, 2.45) is 0 Å². The minimum absolute atomic E-state index is 0.0296. The van der Waals surface area contributed by atoms with E-state index < -0.39 is 11.6 Å². The Morgan fingerprint density at radius 2 is 1.93 bits per heavy atom. The molecule has 0 radical (unpaired) electrons. The number of halogens is 2. The monoisotopic (exact) mass is 363 g/mol. The molecule has 2 aromatic carbocycles. The molecular weight excluding hydrogens is 348 g/mol. The van der Waals surface area contributed by atoms with E-state index in [0.29, 0.717) is 28.2 Å². The third-order valence-corrected chi connectivity index (χ3v) is 4.56. The first-order valence-electron chi connectivity index (χ1n) is 8.48. The third kappa shape index (κ3) is 2.51. The number of phenols is 1. The Morgan fingerprint density at radius 1 is 1.15 bits per heavy atom. The number of hydrogen-bond donors (Lipinski definition) is 1. The zero-order valence-corrected chi connectivity index (χ0v) is 14.5. The first-order valence-corrected chi connectivity index (χ1v) is 8.48. The summed E-state index contributed by atoms with van der Waals surface area (Å²) >= 11 is 0. The predicted octanol–water partition coefficient (Wildman–Crippen LogP) is 4.63. The second kappa shape index (κ2) is 6.36. The highest BCUT2D eigenvalue weighted by Gasteiger charge is 2.21. The highest BCUT2D eigenvalue weighted by atomic mass is 19.1. The quantitative estimate of drug-likeness (QED) is 0.540. The molecule has 2 heterocycles. The van der Waals surface area contributed by atoms with Crippen LogP contribution in [0.2, 0.25) is 0 Å². The fourth-order valence-electron chi connectivity index (χ4n) is 3.36. The van der Waals surface area contributed by atoms with Crippen LogP contribution in [0.5, 0.6) is 5.75 Å². The van der Waals surface area contributed by atoms with Gasteiger partial charge in [0.1, 0.15) is 22.8 Å². The van der Waals surface area contributed by atoms with Crippen molar-refractivity contribution in [2.45, 2.75) is 19.9 Å². The van der Waals surface area contributed by atoms with Gasteiger partial charge in [0.15, 0.2) is 5.82 Å². The zero-order valence-electron chi connectivity index (χ0n) is 14.5. The van der Waals surface area contributed by atoms with Crippen LogP contribution in [0, 0.1) is 24.0 Å². The number of nitrogens with zero attached hydrogens (tertiary/aromatic N) is 3. The number of rotatable bonds is 3. The van der Waals surface area contributed by atoms with Gasteiger partial charge in [0, 0.05) is 23.5 Å². The minimum atomic E-state index is -0.590. The molecule has 4 rings (SSSR count). The molecule has 0 aliphatic heterocycles. The molecule has 0 saturated carbocycles. The second-order valence-electron chi connectivity index (χ2n) is 6.21. The fourth-order valence-corrected chi connectivity index (χ4v) is 3.36. The fraction of sp³-hybridized carbons (Fsp3) is 0.143. The lowest BCUT2D eigenvalue weighted by Crippen LogP contribution is -2.02. The van der Waals surface area contributed by atoms with Gasteiger partial charge in [-0.25, -0.2) is 8.78 Å². The van der Waals surface area contributed by atoms with E-state index in [2.05, 4.69) is 16.0 Å². The van der Waals surface area contributed by atoms with Gasteiger partial charge < -0.3 is 5.11 Å².